The Hall–Kier alpha value is -1.35. The van der Waals surface area contributed by atoms with Gasteiger partial charge in [-0.15, -0.1) is 0 Å². The minimum absolute atomic E-state index is 0.168. The van der Waals surface area contributed by atoms with E-state index in [4.69, 9.17) is 5.11 Å². The van der Waals surface area contributed by atoms with Crippen LogP contribution in [0, 0.1) is 11.7 Å². The average molecular weight is 207 g/mol. The van der Waals surface area contributed by atoms with Gasteiger partial charge in [0.15, 0.2) is 0 Å². The van der Waals surface area contributed by atoms with Gasteiger partial charge in [-0.2, -0.15) is 0 Å². The molecular weight excluding hydrogens is 193 g/mol. The number of aromatic nitrogens is 1. The summed E-state index contributed by atoms with van der Waals surface area (Å²) >= 11 is 0. The van der Waals surface area contributed by atoms with E-state index < -0.39 is 0 Å². The van der Waals surface area contributed by atoms with Crippen molar-refractivity contribution in [3.63, 3.8) is 0 Å². The van der Waals surface area contributed by atoms with E-state index in [9.17, 15) is 4.39 Å². The predicted octanol–water partition coefficient (Wildman–Crippen LogP) is 2.41. The molecule has 0 aliphatic carbocycles. The number of fused-ring (bicyclic) bond motifs is 1. The van der Waals surface area contributed by atoms with Crippen molar-refractivity contribution >= 4 is 10.9 Å². The lowest BCUT2D eigenvalue weighted by Gasteiger charge is -2.10. The summed E-state index contributed by atoms with van der Waals surface area (Å²) in [6, 6.07) is 6.65. The van der Waals surface area contributed by atoms with Gasteiger partial charge < -0.3 is 9.67 Å². The number of aliphatic hydroxyl groups excluding tert-OH is 1. The summed E-state index contributed by atoms with van der Waals surface area (Å²) in [4.78, 5) is 0. The van der Waals surface area contributed by atoms with Gasteiger partial charge in [-0.05, 0) is 30.2 Å². The number of hydrogen-bond donors (Lipinski definition) is 1. The number of benzene rings is 1. The fourth-order valence-electron chi connectivity index (χ4n) is 1.72. The van der Waals surface area contributed by atoms with Gasteiger partial charge in [0.2, 0.25) is 0 Å². The van der Waals surface area contributed by atoms with Gasteiger partial charge in [-0.3, -0.25) is 0 Å². The molecule has 80 valence electrons. The highest BCUT2D eigenvalue weighted by molar-refractivity contribution is 5.80. The first-order valence-electron chi connectivity index (χ1n) is 5.06. The number of rotatable bonds is 3. The second-order valence-corrected chi connectivity index (χ2v) is 3.96. The summed E-state index contributed by atoms with van der Waals surface area (Å²) in [7, 11) is 0. The zero-order chi connectivity index (χ0) is 10.8. The Morgan fingerprint density at radius 2 is 2.20 bits per heavy atom. The Morgan fingerprint density at radius 1 is 1.40 bits per heavy atom. The zero-order valence-corrected chi connectivity index (χ0v) is 8.65. The van der Waals surface area contributed by atoms with E-state index in [1.54, 1.807) is 6.07 Å². The molecule has 0 aliphatic rings. The molecule has 1 aromatic carbocycles. The Morgan fingerprint density at radius 3 is 2.93 bits per heavy atom. The van der Waals surface area contributed by atoms with Crippen molar-refractivity contribution in [2.24, 2.45) is 5.92 Å². The monoisotopic (exact) mass is 207 g/mol. The summed E-state index contributed by atoms with van der Waals surface area (Å²) in [5, 5.41) is 9.88. The van der Waals surface area contributed by atoms with Crippen molar-refractivity contribution in [1.29, 1.82) is 0 Å². The second-order valence-electron chi connectivity index (χ2n) is 3.96. The molecule has 1 unspecified atom stereocenters. The first-order valence-corrected chi connectivity index (χ1v) is 5.06. The highest BCUT2D eigenvalue weighted by Crippen LogP contribution is 2.18. The van der Waals surface area contributed by atoms with E-state index >= 15 is 0 Å². The smallest absolute Gasteiger partial charge is 0.123 e. The average Bonchev–Trinajstić information content (AvgIpc) is 2.60. The van der Waals surface area contributed by atoms with Crippen LogP contribution < -0.4 is 0 Å². The summed E-state index contributed by atoms with van der Waals surface area (Å²) in [6.07, 6.45) is 1.93. The second kappa shape index (κ2) is 4.03. The Balaban J connectivity index is 2.36. The molecule has 0 fully saturated rings. The maximum atomic E-state index is 12.9. The van der Waals surface area contributed by atoms with Crippen LogP contribution in [0.15, 0.2) is 30.5 Å². The first kappa shape index (κ1) is 10.2. The van der Waals surface area contributed by atoms with Crippen LogP contribution in [0.4, 0.5) is 4.39 Å². The summed E-state index contributed by atoms with van der Waals surface area (Å²) in [6.45, 7) is 2.90. The van der Waals surface area contributed by atoms with E-state index in [0.717, 1.165) is 17.4 Å². The number of nitrogens with zero attached hydrogens (tertiary/aromatic N) is 1. The molecule has 0 spiro atoms. The molecule has 0 saturated heterocycles. The third-order valence-electron chi connectivity index (χ3n) is 2.55. The van der Waals surface area contributed by atoms with Crippen molar-refractivity contribution in [2.45, 2.75) is 13.5 Å². The lowest BCUT2D eigenvalue weighted by Crippen LogP contribution is -2.09. The molecule has 3 heteroatoms. The van der Waals surface area contributed by atoms with E-state index in [-0.39, 0.29) is 18.3 Å². The molecule has 1 N–H and O–H groups in total. The van der Waals surface area contributed by atoms with Gasteiger partial charge in [0.1, 0.15) is 5.82 Å². The molecule has 1 atom stereocenters. The number of halogens is 1. The van der Waals surface area contributed by atoms with Crippen LogP contribution in [0.3, 0.4) is 0 Å². The minimum atomic E-state index is -0.213. The summed E-state index contributed by atoms with van der Waals surface area (Å²) < 4.78 is 15.0. The quantitative estimate of drug-likeness (QED) is 0.821. The first-order chi connectivity index (χ1) is 7.20. The molecule has 0 radical (unpaired) electrons. The van der Waals surface area contributed by atoms with Gasteiger partial charge in [0, 0.05) is 30.3 Å². The number of aliphatic hydroxyl groups is 1. The van der Waals surface area contributed by atoms with Gasteiger partial charge in [-0.25, -0.2) is 4.39 Å². The fraction of sp³-hybridized carbons (Fsp3) is 0.333. The van der Waals surface area contributed by atoms with Crippen molar-refractivity contribution in [3.8, 4) is 0 Å². The molecule has 1 heterocycles. The summed E-state index contributed by atoms with van der Waals surface area (Å²) in [5.74, 6) is 0.00103. The van der Waals surface area contributed by atoms with Crippen LogP contribution in [-0.2, 0) is 6.54 Å². The van der Waals surface area contributed by atoms with Crippen LogP contribution >= 0.6 is 0 Å². The third kappa shape index (κ3) is 2.02. The molecule has 0 amide bonds. The van der Waals surface area contributed by atoms with Gasteiger partial charge in [0.25, 0.3) is 0 Å². The molecule has 0 saturated carbocycles. The Bertz CT molecular complexity index is 464. The molecule has 2 rings (SSSR count). The molecule has 15 heavy (non-hydrogen) atoms. The minimum Gasteiger partial charge on any atom is -0.396 e. The Kier molecular flexibility index (Phi) is 2.73. The Labute approximate surface area is 88.0 Å². The maximum Gasteiger partial charge on any atom is 0.123 e. The lowest BCUT2D eigenvalue weighted by atomic mass is 10.2. The molecule has 1 aromatic heterocycles. The van der Waals surface area contributed by atoms with Crippen LogP contribution in [0.5, 0.6) is 0 Å². The summed E-state index contributed by atoms with van der Waals surface area (Å²) in [5.41, 5.74) is 1.01. The SMILES string of the molecule is CC(CO)Cn1ccc2cc(F)ccc21. The molecule has 2 aromatic rings. The largest absolute Gasteiger partial charge is 0.396 e. The van der Waals surface area contributed by atoms with Crippen molar-refractivity contribution in [3.05, 3.63) is 36.3 Å². The predicted molar refractivity (Wildman–Crippen MR) is 58.1 cm³/mol. The molecule has 0 aliphatic heterocycles. The van der Waals surface area contributed by atoms with Crippen LogP contribution in [0.1, 0.15) is 6.92 Å². The zero-order valence-electron chi connectivity index (χ0n) is 8.65. The third-order valence-corrected chi connectivity index (χ3v) is 2.55. The van der Waals surface area contributed by atoms with Gasteiger partial charge in [-0.1, -0.05) is 6.92 Å². The number of hydrogen-bond acceptors (Lipinski definition) is 1. The van der Waals surface area contributed by atoms with Gasteiger partial charge >= 0.3 is 0 Å². The van der Waals surface area contributed by atoms with E-state index in [0.29, 0.717) is 0 Å². The highest BCUT2D eigenvalue weighted by atomic mass is 19.1. The van der Waals surface area contributed by atoms with Gasteiger partial charge in [0.05, 0.1) is 0 Å². The van der Waals surface area contributed by atoms with E-state index in [1.807, 2.05) is 23.8 Å². The highest BCUT2D eigenvalue weighted by Gasteiger charge is 2.05. The van der Waals surface area contributed by atoms with Crippen molar-refractivity contribution in [1.82, 2.24) is 4.57 Å². The fourth-order valence-corrected chi connectivity index (χ4v) is 1.72. The van der Waals surface area contributed by atoms with Crippen LogP contribution in [-0.4, -0.2) is 16.3 Å². The normalized spacial score (nSPS) is 13.3. The van der Waals surface area contributed by atoms with Crippen molar-refractivity contribution in [2.75, 3.05) is 6.61 Å². The van der Waals surface area contributed by atoms with Crippen LogP contribution in [0.25, 0.3) is 10.9 Å². The van der Waals surface area contributed by atoms with Crippen molar-refractivity contribution < 1.29 is 9.50 Å². The maximum absolute atomic E-state index is 12.9. The van der Waals surface area contributed by atoms with E-state index in [1.165, 1.54) is 12.1 Å². The molecule has 2 nitrogen and oxygen atoms in total. The van der Waals surface area contributed by atoms with Crippen LogP contribution in [0.2, 0.25) is 0 Å². The standard InChI is InChI=1S/C12H14FNO/c1-9(8-15)7-14-5-4-10-6-11(13)2-3-12(10)14/h2-6,9,15H,7-8H2,1H3. The lowest BCUT2D eigenvalue weighted by molar-refractivity contribution is 0.224. The molecular formula is C12H14FNO. The topological polar surface area (TPSA) is 25.2 Å². The van der Waals surface area contributed by atoms with E-state index in [2.05, 4.69) is 0 Å². The molecule has 0 bridgehead atoms.